The average Bonchev–Trinajstić information content (AvgIpc) is 2.49. The first-order valence-electron chi connectivity index (χ1n) is 6.72. The fraction of sp³-hybridized carbons (Fsp3) is 0.312. The number of allylic oxidation sites excluding steroid dienone is 2. The third kappa shape index (κ3) is 3.29. The molecule has 1 aromatic carbocycles. The molecule has 0 aliphatic heterocycles. The molecule has 0 aromatic heterocycles. The van der Waals surface area contributed by atoms with Crippen LogP contribution in [-0.4, -0.2) is 17.0 Å². The van der Waals surface area contributed by atoms with Crippen molar-refractivity contribution in [2.45, 2.75) is 19.8 Å². The van der Waals surface area contributed by atoms with Crippen molar-refractivity contribution in [3.63, 3.8) is 0 Å². The van der Waals surface area contributed by atoms with Gasteiger partial charge in [-0.15, -0.1) is 0 Å². The Morgan fingerprint density at radius 3 is 2.57 bits per heavy atom. The summed E-state index contributed by atoms with van der Waals surface area (Å²) in [6.07, 6.45) is 4.41. The molecule has 0 saturated heterocycles. The normalized spacial score (nSPS) is 20.6. The summed E-state index contributed by atoms with van der Waals surface area (Å²) in [5.74, 6) is -2.56. The number of amides is 1. The van der Waals surface area contributed by atoms with Gasteiger partial charge in [-0.2, -0.15) is 5.26 Å². The number of carboxylic acids is 1. The summed E-state index contributed by atoms with van der Waals surface area (Å²) in [5, 5.41) is 20.9. The third-order valence-corrected chi connectivity index (χ3v) is 3.71. The number of nitriles is 1. The second kappa shape index (κ2) is 6.23. The first kappa shape index (κ1) is 14.8. The number of carbonyl (C=O) groups is 2. The van der Waals surface area contributed by atoms with Crippen molar-refractivity contribution in [2.24, 2.45) is 11.8 Å². The number of rotatable bonds is 3. The standard InChI is InChI=1S/C16H16N2O3/c1-10-6-7-11(9-17)8-14(10)18-15(19)12-4-2-3-5-13(12)16(20)21/h2-3,6-8,12-13H,4-5H2,1H3,(H,18,19)(H,20,21)/t12-,13+/m1/s1. The summed E-state index contributed by atoms with van der Waals surface area (Å²) in [4.78, 5) is 23.6. The number of aliphatic carboxylic acids is 1. The smallest absolute Gasteiger partial charge is 0.307 e. The largest absolute Gasteiger partial charge is 0.481 e. The highest BCUT2D eigenvalue weighted by Gasteiger charge is 2.34. The van der Waals surface area contributed by atoms with Crippen LogP contribution in [0.3, 0.4) is 0 Å². The molecule has 0 spiro atoms. The highest BCUT2D eigenvalue weighted by Crippen LogP contribution is 2.28. The summed E-state index contributed by atoms with van der Waals surface area (Å²) >= 11 is 0. The minimum absolute atomic E-state index is 0.315. The van der Waals surface area contributed by atoms with E-state index in [0.29, 0.717) is 24.1 Å². The van der Waals surface area contributed by atoms with Crippen LogP contribution in [-0.2, 0) is 9.59 Å². The summed E-state index contributed by atoms with van der Waals surface area (Å²) in [6, 6.07) is 7.05. The Balaban J connectivity index is 2.19. The first-order valence-corrected chi connectivity index (χ1v) is 6.72. The van der Waals surface area contributed by atoms with Crippen LogP contribution in [0.2, 0.25) is 0 Å². The molecule has 108 valence electrons. The van der Waals surface area contributed by atoms with Crippen LogP contribution in [0.25, 0.3) is 0 Å². The van der Waals surface area contributed by atoms with Gasteiger partial charge in [-0.1, -0.05) is 18.2 Å². The van der Waals surface area contributed by atoms with E-state index >= 15 is 0 Å². The Bertz CT molecular complexity index is 643. The van der Waals surface area contributed by atoms with Gasteiger partial charge in [-0.3, -0.25) is 9.59 Å². The van der Waals surface area contributed by atoms with Gasteiger partial charge in [0.1, 0.15) is 0 Å². The van der Waals surface area contributed by atoms with E-state index in [1.54, 1.807) is 24.3 Å². The molecule has 0 radical (unpaired) electrons. The molecule has 2 rings (SSSR count). The zero-order chi connectivity index (χ0) is 15.4. The average molecular weight is 284 g/mol. The molecule has 0 saturated carbocycles. The Hall–Kier alpha value is -2.61. The molecule has 0 unspecified atom stereocenters. The quantitative estimate of drug-likeness (QED) is 0.834. The van der Waals surface area contributed by atoms with Crippen LogP contribution < -0.4 is 5.32 Å². The summed E-state index contributed by atoms with van der Waals surface area (Å²) < 4.78 is 0. The number of carbonyl (C=O) groups excluding carboxylic acids is 1. The second-order valence-electron chi connectivity index (χ2n) is 5.12. The van der Waals surface area contributed by atoms with Gasteiger partial charge in [-0.05, 0) is 37.5 Å². The van der Waals surface area contributed by atoms with Crippen molar-refractivity contribution in [1.82, 2.24) is 0 Å². The van der Waals surface area contributed by atoms with E-state index in [1.165, 1.54) is 0 Å². The number of benzene rings is 1. The summed E-state index contributed by atoms with van der Waals surface area (Å²) in [7, 11) is 0. The molecule has 1 aromatic rings. The lowest BCUT2D eigenvalue weighted by atomic mass is 9.82. The maximum atomic E-state index is 12.3. The van der Waals surface area contributed by atoms with Gasteiger partial charge >= 0.3 is 5.97 Å². The molecule has 0 heterocycles. The molecular formula is C16H16N2O3. The molecule has 0 fully saturated rings. The van der Waals surface area contributed by atoms with Gasteiger partial charge in [0.15, 0.2) is 0 Å². The zero-order valence-corrected chi connectivity index (χ0v) is 11.7. The van der Waals surface area contributed by atoms with Gasteiger partial charge < -0.3 is 10.4 Å². The van der Waals surface area contributed by atoms with Crippen LogP contribution in [0.1, 0.15) is 24.0 Å². The molecule has 2 atom stereocenters. The van der Waals surface area contributed by atoms with Crippen molar-refractivity contribution in [1.29, 1.82) is 5.26 Å². The first-order chi connectivity index (χ1) is 10.0. The number of hydrogen-bond donors (Lipinski definition) is 2. The van der Waals surface area contributed by atoms with Crippen molar-refractivity contribution in [3.05, 3.63) is 41.5 Å². The lowest BCUT2D eigenvalue weighted by Gasteiger charge is -2.24. The van der Waals surface area contributed by atoms with E-state index < -0.39 is 17.8 Å². The lowest BCUT2D eigenvalue weighted by molar-refractivity contribution is -0.146. The SMILES string of the molecule is Cc1ccc(C#N)cc1NC(=O)[C@@H]1CC=CC[C@@H]1C(=O)O. The van der Waals surface area contributed by atoms with Crippen molar-refractivity contribution in [2.75, 3.05) is 5.32 Å². The molecule has 1 aliphatic rings. The molecular weight excluding hydrogens is 268 g/mol. The molecule has 1 aliphatic carbocycles. The Morgan fingerprint density at radius 2 is 1.95 bits per heavy atom. The number of nitrogens with zero attached hydrogens (tertiary/aromatic N) is 1. The van der Waals surface area contributed by atoms with E-state index in [-0.39, 0.29) is 5.91 Å². The highest BCUT2D eigenvalue weighted by atomic mass is 16.4. The predicted octanol–water partition coefficient (Wildman–Crippen LogP) is 2.47. The number of carboxylic acid groups (broad SMARTS) is 1. The van der Waals surface area contributed by atoms with Crippen molar-refractivity contribution in [3.8, 4) is 6.07 Å². The van der Waals surface area contributed by atoms with Crippen LogP contribution in [0, 0.1) is 30.1 Å². The minimum atomic E-state index is -0.956. The fourth-order valence-corrected chi connectivity index (χ4v) is 2.43. The zero-order valence-electron chi connectivity index (χ0n) is 11.7. The minimum Gasteiger partial charge on any atom is -0.481 e. The lowest BCUT2D eigenvalue weighted by Crippen LogP contribution is -2.34. The van der Waals surface area contributed by atoms with Gasteiger partial charge in [-0.25, -0.2) is 0 Å². The van der Waals surface area contributed by atoms with Gasteiger partial charge in [0, 0.05) is 5.69 Å². The predicted molar refractivity (Wildman–Crippen MR) is 77.5 cm³/mol. The molecule has 1 amide bonds. The van der Waals surface area contributed by atoms with E-state index in [1.807, 2.05) is 19.1 Å². The van der Waals surface area contributed by atoms with Crippen LogP contribution in [0.4, 0.5) is 5.69 Å². The van der Waals surface area contributed by atoms with Gasteiger partial charge in [0.25, 0.3) is 0 Å². The summed E-state index contributed by atoms with van der Waals surface area (Å²) in [6.45, 7) is 1.83. The number of nitrogens with one attached hydrogen (secondary N) is 1. The topological polar surface area (TPSA) is 90.2 Å². The summed E-state index contributed by atoms with van der Waals surface area (Å²) in [5.41, 5.74) is 1.84. The number of anilines is 1. The molecule has 0 bridgehead atoms. The Kier molecular flexibility index (Phi) is 4.39. The van der Waals surface area contributed by atoms with Gasteiger partial charge in [0.05, 0.1) is 23.5 Å². The Labute approximate surface area is 122 Å². The van der Waals surface area contributed by atoms with Crippen molar-refractivity contribution < 1.29 is 14.7 Å². The van der Waals surface area contributed by atoms with Gasteiger partial charge in [0.2, 0.25) is 5.91 Å². The van der Waals surface area contributed by atoms with E-state index in [2.05, 4.69) is 5.32 Å². The second-order valence-corrected chi connectivity index (χ2v) is 5.12. The monoisotopic (exact) mass is 284 g/mol. The number of hydrogen-bond acceptors (Lipinski definition) is 3. The van der Waals surface area contributed by atoms with E-state index in [4.69, 9.17) is 5.26 Å². The van der Waals surface area contributed by atoms with E-state index in [9.17, 15) is 14.7 Å². The third-order valence-electron chi connectivity index (χ3n) is 3.71. The molecule has 5 heteroatoms. The van der Waals surface area contributed by atoms with Crippen LogP contribution in [0.5, 0.6) is 0 Å². The fourth-order valence-electron chi connectivity index (χ4n) is 2.43. The molecule has 2 N–H and O–H groups in total. The van der Waals surface area contributed by atoms with Crippen LogP contribution >= 0.6 is 0 Å². The van der Waals surface area contributed by atoms with Crippen molar-refractivity contribution >= 4 is 17.6 Å². The molecule has 5 nitrogen and oxygen atoms in total. The Morgan fingerprint density at radius 1 is 1.29 bits per heavy atom. The maximum absolute atomic E-state index is 12.3. The van der Waals surface area contributed by atoms with E-state index in [0.717, 1.165) is 5.56 Å². The van der Waals surface area contributed by atoms with Crippen LogP contribution in [0.15, 0.2) is 30.4 Å². The number of aryl methyl sites for hydroxylation is 1. The maximum Gasteiger partial charge on any atom is 0.307 e. The highest BCUT2D eigenvalue weighted by molar-refractivity contribution is 5.96. The molecule has 21 heavy (non-hydrogen) atoms.